The van der Waals surface area contributed by atoms with Crippen LogP contribution in [0.1, 0.15) is 16.7 Å². The van der Waals surface area contributed by atoms with Crippen molar-refractivity contribution < 1.29 is 28.7 Å². The van der Waals surface area contributed by atoms with Gasteiger partial charge in [-0.05, 0) is 73.0 Å². The Kier molecular flexibility index (Phi) is 8.23. The van der Waals surface area contributed by atoms with Crippen molar-refractivity contribution in [3.63, 3.8) is 0 Å². The van der Waals surface area contributed by atoms with Gasteiger partial charge >= 0.3 is 6.03 Å². The third kappa shape index (κ3) is 6.22. The molecule has 0 spiro atoms. The number of amides is 5. The summed E-state index contributed by atoms with van der Waals surface area (Å²) in [5.41, 5.74) is 2.56. The van der Waals surface area contributed by atoms with E-state index in [9.17, 15) is 19.2 Å². The number of nitrogens with one attached hydrogen (secondary N) is 2. The fourth-order valence-electron chi connectivity index (χ4n) is 3.68. The molecule has 0 atom stereocenters. The summed E-state index contributed by atoms with van der Waals surface area (Å²) >= 11 is 12.3. The Balaban J connectivity index is 1.51. The number of aryl methyl sites for hydroxylation is 2. The van der Waals surface area contributed by atoms with Gasteiger partial charge in [0, 0.05) is 15.7 Å². The van der Waals surface area contributed by atoms with E-state index < -0.39 is 23.8 Å². The second-order valence-electron chi connectivity index (χ2n) is 8.60. The highest BCUT2D eigenvalue weighted by atomic mass is 35.5. The zero-order valence-corrected chi connectivity index (χ0v) is 22.6. The summed E-state index contributed by atoms with van der Waals surface area (Å²) in [6.07, 6.45) is 1.33. The highest BCUT2D eigenvalue weighted by Crippen LogP contribution is 2.31. The van der Waals surface area contributed by atoms with Crippen molar-refractivity contribution in [1.29, 1.82) is 0 Å². The molecular weight excluding hydrogens is 545 g/mol. The molecule has 3 aromatic rings. The second-order valence-corrected chi connectivity index (χ2v) is 9.42. The van der Waals surface area contributed by atoms with Crippen LogP contribution in [0.3, 0.4) is 0 Å². The zero-order valence-electron chi connectivity index (χ0n) is 21.1. The summed E-state index contributed by atoms with van der Waals surface area (Å²) in [6, 6.07) is 13.6. The van der Waals surface area contributed by atoms with Crippen molar-refractivity contribution in [2.75, 3.05) is 23.9 Å². The van der Waals surface area contributed by atoms with Crippen LogP contribution < -0.4 is 25.0 Å². The van der Waals surface area contributed by atoms with E-state index in [1.807, 2.05) is 6.92 Å². The van der Waals surface area contributed by atoms with Gasteiger partial charge in [0.25, 0.3) is 17.7 Å². The molecular formula is C28H23Cl2N3O6. The van der Waals surface area contributed by atoms with Crippen molar-refractivity contribution >= 4 is 64.4 Å². The Hall–Kier alpha value is -4.34. The maximum atomic E-state index is 13.2. The molecule has 0 bridgehead atoms. The van der Waals surface area contributed by atoms with E-state index in [-0.39, 0.29) is 29.4 Å². The molecule has 2 N–H and O–H groups in total. The summed E-state index contributed by atoms with van der Waals surface area (Å²) in [5, 5.41) is 5.76. The highest BCUT2D eigenvalue weighted by Gasteiger charge is 2.37. The molecule has 11 heteroatoms. The van der Waals surface area contributed by atoms with Crippen LogP contribution in [0, 0.1) is 13.8 Å². The van der Waals surface area contributed by atoms with Crippen LogP contribution in [0.5, 0.6) is 11.5 Å². The van der Waals surface area contributed by atoms with Crippen LogP contribution in [0.25, 0.3) is 6.08 Å². The number of hydrogen-bond donors (Lipinski definition) is 2. The minimum atomic E-state index is -0.880. The van der Waals surface area contributed by atoms with Crippen LogP contribution >= 0.6 is 23.2 Å². The number of halogens is 2. The van der Waals surface area contributed by atoms with Gasteiger partial charge in [-0.3, -0.25) is 19.7 Å². The number of benzene rings is 3. The predicted octanol–water partition coefficient (Wildman–Crippen LogP) is 5.30. The van der Waals surface area contributed by atoms with Crippen molar-refractivity contribution in [3.05, 3.63) is 86.9 Å². The Labute approximate surface area is 234 Å². The van der Waals surface area contributed by atoms with E-state index in [1.165, 1.54) is 31.4 Å². The average molecular weight is 568 g/mol. The Morgan fingerprint density at radius 1 is 0.949 bits per heavy atom. The quantitative estimate of drug-likeness (QED) is 0.295. The summed E-state index contributed by atoms with van der Waals surface area (Å²) in [4.78, 5) is 51.3. The zero-order chi connectivity index (χ0) is 28.3. The minimum Gasteiger partial charge on any atom is -0.493 e. The van der Waals surface area contributed by atoms with Crippen LogP contribution in [0.2, 0.25) is 10.0 Å². The third-order valence-electron chi connectivity index (χ3n) is 5.83. The molecule has 3 aromatic carbocycles. The lowest BCUT2D eigenvalue weighted by molar-refractivity contribution is -0.122. The lowest BCUT2D eigenvalue weighted by Gasteiger charge is -2.26. The topological polar surface area (TPSA) is 114 Å². The maximum Gasteiger partial charge on any atom is 0.335 e. The number of anilines is 2. The van der Waals surface area contributed by atoms with Gasteiger partial charge in [-0.15, -0.1) is 0 Å². The van der Waals surface area contributed by atoms with Crippen molar-refractivity contribution in [3.8, 4) is 11.5 Å². The van der Waals surface area contributed by atoms with Gasteiger partial charge in [0.1, 0.15) is 5.57 Å². The monoisotopic (exact) mass is 567 g/mol. The van der Waals surface area contributed by atoms with E-state index in [0.29, 0.717) is 21.3 Å². The number of imide groups is 2. The molecule has 0 aliphatic carbocycles. The molecule has 9 nitrogen and oxygen atoms in total. The number of carbonyl (C=O) groups is 4. The molecule has 0 aromatic heterocycles. The fraction of sp³-hybridized carbons (Fsp3) is 0.143. The lowest BCUT2D eigenvalue weighted by Crippen LogP contribution is -2.54. The first-order valence-corrected chi connectivity index (χ1v) is 12.4. The van der Waals surface area contributed by atoms with E-state index in [2.05, 4.69) is 10.6 Å². The molecule has 0 saturated carbocycles. The number of barbiturate groups is 1. The van der Waals surface area contributed by atoms with Gasteiger partial charge in [0.15, 0.2) is 18.1 Å². The SMILES string of the molecule is COc1cc(/C=C2\C(=O)NC(=O)N(c3ccc(C)c(Cl)c3)C2=O)ccc1OCC(=O)Nc1ccc(C)c(Cl)c1. The number of nitrogens with zero attached hydrogens (tertiary/aromatic N) is 1. The van der Waals surface area contributed by atoms with Crippen LogP contribution in [-0.2, 0) is 14.4 Å². The fourth-order valence-corrected chi connectivity index (χ4v) is 4.04. The number of hydrogen-bond acceptors (Lipinski definition) is 6. The normalized spacial score (nSPS) is 14.3. The molecule has 4 rings (SSSR count). The minimum absolute atomic E-state index is 0.221. The Morgan fingerprint density at radius 2 is 1.64 bits per heavy atom. The van der Waals surface area contributed by atoms with Gasteiger partial charge in [-0.25, -0.2) is 9.69 Å². The maximum absolute atomic E-state index is 13.2. The number of rotatable bonds is 7. The molecule has 1 fully saturated rings. The standard InChI is InChI=1S/C28H23Cl2N3O6/c1-15-4-7-18(12-21(15)29)31-25(34)14-39-23-9-6-17(11-24(23)38-3)10-20-26(35)32-28(37)33(27(20)36)19-8-5-16(2)22(30)13-19/h4-13H,14H2,1-3H3,(H,31,34)(H,32,35,37)/b20-10+. The van der Waals surface area contributed by atoms with Crippen LogP contribution in [-0.4, -0.2) is 37.5 Å². The van der Waals surface area contributed by atoms with E-state index >= 15 is 0 Å². The number of urea groups is 1. The van der Waals surface area contributed by atoms with Crippen molar-refractivity contribution in [1.82, 2.24) is 5.32 Å². The summed E-state index contributed by atoms with van der Waals surface area (Å²) in [7, 11) is 1.41. The second kappa shape index (κ2) is 11.6. The smallest absolute Gasteiger partial charge is 0.335 e. The van der Waals surface area contributed by atoms with Gasteiger partial charge in [0.05, 0.1) is 12.8 Å². The molecule has 0 unspecified atom stereocenters. The van der Waals surface area contributed by atoms with Crippen LogP contribution in [0.15, 0.2) is 60.2 Å². The summed E-state index contributed by atoms with van der Waals surface area (Å²) < 4.78 is 11.0. The average Bonchev–Trinajstić information content (AvgIpc) is 2.89. The van der Waals surface area contributed by atoms with E-state index in [1.54, 1.807) is 43.3 Å². The lowest BCUT2D eigenvalue weighted by atomic mass is 10.1. The third-order valence-corrected chi connectivity index (χ3v) is 6.64. The molecule has 1 aliphatic heterocycles. The summed E-state index contributed by atoms with van der Waals surface area (Å²) in [5.74, 6) is -1.53. The predicted molar refractivity (Wildman–Crippen MR) is 148 cm³/mol. The first-order chi connectivity index (χ1) is 18.6. The van der Waals surface area contributed by atoms with Crippen molar-refractivity contribution in [2.24, 2.45) is 0 Å². The van der Waals surface area contributed by atoms with Gasteiger partial charge in [0.2, 0.25) is 0 Å². The molecule has 1 heterocycles. The first-order valence-electron chi connectivity index (χ1n) is 11.6. The summed E-state index contributed by atoms with van der Waals surface area (Å²) in [6.45, 7) is 3.33. The molecule has 39 heavy (non-hydrogen) atoms. The Bertz CT molecular complexity index is 1540. The largest absolute Gasteiger partial charge is 0.493 e. The van der Waals surface area contributed by atoms with Crippen LogP contribution in [0.4, 0.5) is 16.2 Å². The molecule has 1 aliphatic rings. The molecule has 5 amide bonds. The van der Waals surface area contributed by atoms with Gasteiger partial charge in [-0.1, -0.05) is 41.4 Å². The molecule has 200 valence electrons. The number of carbonyl (C=O) groups excluding carboxylic acids is 4. The first kappa shape index (κ1) is 27.7. The number of ether oxygens (including phenoxy) is 2. The Morgan fingerprint density at radius 3 is 2.31 bits per heavy atom. The van der Waals surface area contributed by atoms with Crippen molar-refractivity contribution in [2.45, 2.75) is 13.8 Å². The number of methoxy groups -OCH3 is 1. The highest BCUT2D eigenvalue weighted by molar-refractivity contribution is 6.39. The van der Waals surface area contributed by atoms with E-state index in [0.717, 1.165) is 16.0 Å². The van der Waals surface area contributed by atoms with Gasteiger partial charge < -0.3 is 14.8 Å². The van der Waals surface area contributed by atoms with E-state index in [4.69, 9.17) is 32.7 Å². The van der Waals surface area contributed by atoms with Gasteiger partial charge in [-0.2, -0.15) is 0 Å². The molecule has 1 saturated heterocycles. The molecule has 0 radical (unpaired) electrons.